The summed E-state index contributed by atoms with van der Waals surface area (Å²) < 4.78 is 0. The Hall–Kier alpha value is -3.32. The number of carbonyl (C=O) groups excluding carboxylic acids is 4. The van der Waals surface area contributed by atoms with Gasteiger partial charge in [0.25, 0.3) is 0 Å². The maximum absolute atomic E-state index is 13.8. The summed E-state index contributed by atoms with van der Waals surface area (Å²) in [6, 6.07) is 13.9. The molecule has 0 bridgehead atoms. The van der Waals surface area contributed by atoms with Gasteiger partial charge >= 0.3 is 0 Å². The number of benzene rings is 2. The third-order valence-corrected chi connectivity index (χ3v) is 7.43. The van der Waals surface area contributed by atoms with Crippen molar-refractivity contribution in [2.24, 2.45) is 11.8 Å². The van der Waals surface area contributed by atoms with Crippen molar-refractivity contribution >= 4 is 34.9 Å². The zero-order chi connectivity index (χ0) is 21.5. The summed E-state index contributed by atoms with van der Waals surface area (Å²) in [6.07, 6.45) is 1.67. The normalized spacial score (nSPS) is 31.2. The number of ketones is 1. The minimum atomic E-state index is -1.15. The first-order chi connectivity index (χ1) is 15.0. The van der Waals surface area contributed by atoms with E-state index in [1.807, 2.05) is 24.3 Å². The Morgan fingerprint density at radius 1 is 1.03 bits per heavy atom. The number of carbonyl (C=O) groups is 4. The molecule has 0 aliphatic carbocycles. The highest BCUT2D eigenvalue weighted by Crippen LogP contribution is 2.60. The van der Waals surface area contributed by atoms with Crippen LogP contribution in [0.25, 0.3) is 0 Å². The van der Waals surface area contributed by atoms with E-state index in [4.69, 9.17) is 0 Å². The molecule has 3 fully saturated rings. The van der Waals surface area contributed by atoms with Crippen LogP contribution >= 0.6 is 0 Å². The van der Waals surface area contributed by atoms with Crippen molar-refractivity contribution in [2.75, 3.05) is 16.8 Å². The summed E-state index contributed by atoms with van der Waals surface area (Å²) in [5.41, 5.74) is 1.31. The first-order valence-corrected chi connectivity index (χ1v) is 10.6. The number of nitrogens with one attached hydrogen (secondary N) is 1. The van der Waals surface area contributed by atoms with E-state index in [0.717, 1.165) is 18.4 Å². The van der Waals surface area contributed by atoms with Gasteiger partial charge in [0.1, 0.15) is 5.54 Å². The summed E-state index contributed by atoms with van der Waals surface area (Å²) in [5.74, 6) is -2.21. The summed E-state index contributed by atoms with van der Waals surface area (Å²) in [6.45, 7) is 2.16. The Balaban J connectivity index is 1.50. The molecule has 1 N–H and O–H groups in total. The molecule has 3 saturated heterocycles. The zero-order valence-electron chi connectivity index (χ0n) is 17.0. The van der Waals surface area contributed by atoms with Crippen molar-refractivity contribution < 1.29 is 19.2 Å². The average molecular weight is 415 g/mol. The number of anilines is 2. The van der Waals surface area contributed by atoms with Crippen LogP contribution in [-0.4, -0.2) is 41.0 Å². The van der Waals surface area contributed by atoms with Gasteiger partial charge in [0, 0.05) is 22.9 Å². The van der Waals surface area contributed by atoms with Crippen molar-refractivity contribution in [1.29, 1.82) is 0 Å². The van der Waals surface area contributed by atoms with Gasteiger partial charge in [-0.3, -0.25) is 24.1 Å². The number of amides is 3. The minimum absolute atomic E-state index is 0.0812. The number of fused-ring (bicyclic) bond motifs is 7. The number of imide groups is 1. The molecule has 31 heavy (non-hydrogen) atoms. The SMILES string of the molecule is CC(=O)c1ccc(N2C(=O)[C@H]3[C@H]4CCCN4[C@@]4(C(=O)Nc5ccccc54)[C@H]3C2=O)cc1. The third kappa shape index (κ3) is 2.11. The van der Waals surface area contributed by atoms with Crippen LogP contribution in [0.1, 0.15) is 35.7 Å². The van der Waals surface area contributed by atoms with Crippen LogP contribution in [0.15, 0.2) is 48.5 Å². The molecule has 4 heterocycles. The lowest BCUT2D eigenvalue weighted by molar-refractivity contribution is -0.135. The topological polar surface area (TPSA) is 86.8 Å². The molecule has 0 radical (unpaired) electrons. The van der Waals surface area contributed by atoms with Gasteiger partial charge in [0.2, 0.25) is 17.7 Å². The van der Waals surface area contributed by atoms with E-state index in [0.29, 0.717) is 23.5 Å². The van der Waals surface area contributed by atoms with Gasteiger partial charge in [-0.1, -0.05) is 18.2 Å². The van der Waals surface area contributed by atoms with Crippen LogP contribution in [0.2, 0.25) is 0 Å². The smallest absolute Gasteiger partial charge is 0.250 e. The molecule has 7 heteroatoms. The number of rotatable bonds is 2. The molecule has 1 spiro atoms. The largest absolute Gasteiger partial charge is 0.324 e. The highest BCUT2D eigenvalue weighted by molar-refractivity contribution is 6.25. The number of Topliss-reactive ketones (excluding diaryl/α,β-unsaturated/α-hetero) is 1. The predicted octanol–water partition coefficient (Wildman–Crippen LogP) is 2.32. The monoisotopic (exact) mass is 415 g/mol. The number of hydrogen-bond acceptors (Lipinski definition) is 5. The molecule has 0 saturated carbocycles. The Morgan fingerprint density at radius 3 is 2.52 bits per heavy atom. The quantitative estimate of drug-likeness (QED) is 0.601. The first-order valence-electron chi connectivity index (χ1n) is 10.6. The van der Waals surface area contributed by atoms with Gasteiger partial charge in [-0.25, -0.2) is 4.90 Å². The van der Waals surface area contributed by atoms with Crippen molar-refractivity contribution in [3.8, 4) is 0 Å². The molecule has 0 unspecified atom stereocenters. The van der Waals surface area contributed by atoms with Crippen LogP contribution in [0.5, 0.6) is 0 Å². The fourth-order valence-corrected chi connectivity index (χ4v) is 6.26. The maximum Gasteiger partial charge on any atom is 0.250 e. The molecule has 6 rings (SSSR count). The van der Waals surface area contributed by atoms with Gasteiger partial charge in [0.15, 0.2) is 5.78 Å². The van der Waals surface area contributed by atoms with Crippen molar-refractivity contribution in [2.45, 2.75) is 31.3 Å². The minimum Gasteiger partial charge on any atom is -0.324 e. The lowest BCUT2D eigenvalue weighted by atomic mass is 9.75. The Labute approximate surface area is 179 Å². The van der Waals surface area contributed by atoms with E-state index in [1.165, 1.54) is 11.8 Å². The number of para-hydroxylation sites is 1. The van der Waals surface area contributed by atoms with Gasteiger partial charge < -0.3 is 5.32 Å². The van der Waals surface area contributed by atoms with E-state index in [9.17, 15) is 19.2 Å². The molecule has 4 atom stereocenters. The zero-order valence-corrected chi connectivity index (χ0v) is 17.0. The molecule has 2 aromatic carbocycles. The predicted molar refractivity (Wildman–Crippen MR) is 112 cm³/mol. The van der Waals surface area contributed by atoms with Crippen LogP contribution in [0.4, 0.5) is 11.4 Å². The van der Waals surface area contributed by atoms with Crippen molar-refractivity contribution in [1.82, 2.24) is 4.90 Å². The summed E-state index contributed by atoms with van der Waals surface area (Å²) >= 11 is 0. The lowest BCUT2D eigenvalue weighted by Crippen LogP contribution is -2.54. The van der Waals surface area contributed by atoms with Gasteiger partial charge in [-0.2, -0.15) is 0 Å². The molecule has 7 nitrogen and oxygen atoms in total. The fraction of sp³-hybridized carbons (Fsp3) is 0.333. The van der Waals surface area contributed by atoms with Crippen LogP contribution < -0.4 is 10.2 Å². The molecule has 156 valence electrons. The molecule has 0 aromatic heterocycles. The second-order valence-electron chi connectivity index (χ2n) is 8.79. The number of hydrogen-bond donors (Lipinski definition) is 1. The third-order valence-electron chi connectivity index (χ3n) is 7.43. The number of nitrogens with zero attached hydrogens (tertiary/aromatic N) is 2. The highest BCUT2D eigenvalue weighted by atomic mass is 16.2. The summed E-state index contributed by atoms with van der Waals surface area (Å²) in [5, 5.41) is 2.97. The van der Waals surface area contributed by atoms with Gasteiger partial charge in [-0.05, 0) is 56.6 Å². The van der Waals surface area contributed by atoms with Crippen LogP contribution in [-0.2, 0) is 19.9 Å². The van der Waals surface area contributed by atoms with E-state index in [1.54, 1.807) is 24.3 Å². The maximum atomic E-state index is 13.8. The highest BCUT2D eigenvalue weighted by Gasteiger charge is 2.74. The summed E-state index contributed by atoms with van der Waals surface area (Å²) in [7, 11) is 0. The molecule has 4 aliphatic rings. The van der Waals surface area contributed by atoms with Crippen LogP contribution in [0, 0.1) is 11.8 Å². The lowest BCUT2D eigenvalue weighted by Gasteiger charge is -2.36. The molecule has 2 aromatic rings. The second-order valence-corrected chi connectivity index (χ2v) is 8.79. The van der Waals surface area contributed by atoms with Gasteiger partial charge in [0.05, 0.1) is 17.5 Å². The van der Waals surface area contributed by atoms with Crippen molar-refractivity contribution in [3.63, 3.8) is 0 Å². The molecule has 4 aliphatic heterocycles. The molecular weight excluding hydrogens is 394 g/mol. The second kappa shape index (κ2) is 6.11. The van der Waals surface area contributed by atoms with Crippen LogP contribution in [0.3, 0.4) is 0 Å². The Kier molecular flexibility index (Phi) is 3.63. The fourth-order valence-electron chi connectivity index (χ4n) is 6.26. The van der Waals surface area contributed by atoms with E-state index >= 15 is 0 Å². The van der Waals surface area contributed by atoms with E-state index in [2.05, 4.69) is 10.2 Å². The Morgan fingerprint density at radius 2 is 1.77 bits per heavy atom. The van der Waals surface area contributed by atoms with Crippen molar-refractivity contribution in [3.05, 3.63) is 59.7 Å². The Bertz CT molecular complexity index is 1170. The molecule has 3 amide bonds. The van der Waals surface area contributed by atoms with Gasteiger partial charge in [-0.15, -0.1) is 0 Å². The van der Waals surface area contributed by atoms with E-state index < -0.39 is 17.4 Å². The summed E-state index contributed by atoms with van der Waals surface area (Å²) in [4.78, 5) is 55.8. The standard InChI is InChI=1S/C24H21N3O4/c1-13(28)14-8-10-15(11-9-14)27-21(29)19-18-7-4-12-26(18)24(20(19)22(27)30)16-5-2-3-6-17(16)25-23(24)31/h2-3,5-6,8-11,18-20H,4,7,12H2,1H3,(H,25,31)/t18-,19+,20-,24-/m1/s1. The first kappa shape index (κ1) is 18.4. The molecular formula is C24H21N3O4. The van der Waals surface area contributed by atoms with E-state index in [-0.39, 0.29) is 29.5 Å². The average Bonchev–Trinajstić information content (AvgIpc) is 3.46.